The van der Waals surface area contributed by atoms with E-state index in [9.17, 15) is 67.7 Å². The highest BCUT2D eigenvalue weighted by atomic mass is 32.2. The standard InChI is InChI=1S/C50H92N14O14S2/c1-9-28(6)40(54)49(76)56-29(7)41(68)58-30(14-10-12-17-51)43(70)62-35(22-38(53)66)47(74)61-34(21-27(4)5)46(73)59-31(15-11-13-18-52)44(71)63-36(24-65)48(75)60-32(16-19-80-8)42(69)55-23-39(67)57-33(20-26(2)3)45(72)64-37(25-79)50(77)78/h26-37,40,65,79H,9-25,51-52,54H2,1-8H3,(H2,53,66)(H,55,69)(H,56,76)(H,57,67)(H,58,68)(H,59,73)(H,60,75)(H,61,74)(H,62,70)(H,63,71)(H,64,72)(H,77,78)/t28-,29-,30-,31-,32-,33-,34-,35-,36-,37-,40-/m0/s1. The molecule has 28 nitrogen and oxygen atoms in total. The number of carbonyl (C=O) groups excluding carboxylic acids is 11. The molecule has 0 aliphatic rings. The Morgan fingerprint density at radius 3 is 1.38 bits per heavy atom. The first-order valence-electron chi connectivity index (χ1n) is 27.0. The highest BCUT2D eigenvalue weighted by Gasteiger charge is 2.35. The molecule has 0 aromatic rings. The van der Waals surface area contributed by atoms with Gasteiger partial charge in [-0.1, -0.05) is 48.0 Å². The van der Waals surface area contributed by atoms with Crippen LogP contribution in [0.5, 0.6) is 0 Å². The lowest BCUT2D eigenvalue weighted by Crippen LogP contribution is -2.61. The fourth-order valence-electron chi connectivity index (χ4n) is 7.58. The predicted octanol–water partition coefficient (Wildman–Crippen LogP) is -4.16. The number of aliphatic hydroxyl groups is 1. The zero-order valence-corrected chi connectivity index (χ0v) is 49.2. The van der Waals surface area contributed by atoms with Crippen LogP contribution in [0.25, 0.3) is 0 Å². The lowest BCUT2D eigenvalue weighted by Gasteiger charge is -2.28. The summed E-state index contributed by atoms with van der Waals surface area (Å²) in [6, 6.07) is -13.3. The number of nitrogens with two attached hydrogens (primary N) is 4. The smallest absolute Gasteiger partial charge is 0.327 e. The summed E-state index contributed by atoms with van der Waals surface area (Å²) in [5, 5.41) is 44.5. The molecule has 0 aromatic carbocycles. The van der Waals surface area contributed by atoms with Crippen LogP contribution in [0.2, 0.25) is 0 Å². The van der Waals surface area contributed by atoms with Crippen molar-refractivity contribution in [1.82, 2.24) is 53.2 Å². The Morgan fingerprint density at radius 1 is 0.525 bits per heavy atom. The molecule has 11 amide bonds. The van der Waals surface area contributed by atoms with Gasteiger partial charge in [-0.3, -0.25) is 52.7 Å². The number of nitrogens with one attached hydrogen (secondary N) is 10. The molecule has 458 valence electrons. The molecule has 0 saturated carbocycles. The van der Waals surface area contributed by atoms with Crippen LogP contribution in [-0.2, 0) is 57.5 Å². The molecule has 0 aliphatic heterocycles. The van der Waals surface area contributed by atoms with Crippen LogP contribution in [-0.4, -0.2) is 186 Å². The molecule has 11 atom stereocenters. The van der Waals surface area contributed by atoms with Crippen molar-refractivity contribution in [1.29, 1.82) is 0 Å². The molecule has 0 fully saturated rings. The van der Waals surface area contributed by atoms with Crippen LogP contribution in [0, 0.1) is 17.8 Å². The second-order valence-corrected chi connectivity index (χ2v) is 21.7. The first-order chi connectivity index (χ1) is 37.6. The lowest BCUT2D eigenvalue weighted by molar-refractivity contribution is -0.141. The second kappa shape index (κ2) is 40.4. The SMILES string of the molecule is CC[C@H](C)[C@H](N)C(=O)N[C@@H](C)C(=O)N[C@@H](CCCCN)C(=O)N[C@@H](CC(N)=O)C(=O)N[C@@H](CC(C)C)C(=O)N[C@@H](CCCCN)C(=O)N[C@@H](CO)C(=O)N[C@@H](CCSC)C(=O)NCC(=O)N[C@@H](CC(C)C)C(=O)N[C@@H](CS)C(=O)O. The van der Waals surface area contributed by atoms with Gasteiger partial charge in [-0.2, -0.15) is 24.4 Å². The van der Waals surface area contributed by atoms with Crippen LogP contribution < -0.4 is 76.1 Å². The monoisotopic (exact) mass is 1180 g/mol. The highest BCUT2D eigenvalue weighted by molar-refractivity contribution is 7.98. The van der Waals surface area contributed by atoms with Gasteiger partial charge in [0.2, 0.25) is 65.0 Å². The Balaban J connectivity index is 6.43. The first kappa shape index (κ1) is 74.2. The highest BCUT2D eigenvalue weighted by Crippen LogP contribution is 2.12. The van der Waals surface area contributed by atoms with Crippen LogP contribution in [0.4, 0.5) is 0 Å². The van der Waals surface area contributed by atoms with E-state index in [1.54, 1.807) is 40.9 Å². The third kappa shape index (κ3) is 29.6. The number of carboxylic acids is 1. The Labute approximate surface area is 478 Å². The van der Waals surface area contributed by atoms with Gasteiger partial charge in [-0.25, -0.2) is 4.79 Å². The summed E-state index contributed by atoms with van der Waals surface area (Å²) in [5.74, 6) is -11.3. The van der Waals surface area contributed by atoms with E-state index in [0.29, 0.717) is 31.4 Å². The van der Waals surface area contributed by atoms with Crippen molar-refractivity contribution in [2.45, 2.75) is 180 Å². The third-order valence-corrected chi connectivity index (χ3v) is 13.5. The first-order valence-corrected chi connectivity index (χ1v) is 29.0. The van der Waals surface area contributed by atoms with E-state index in [2.05, 4.69) is 65.8 Å². The zero-order chi connectivity index (χ0) is 61.2. The number of primary amides is 1. The van der Waals surface area contributed by atoms with Crippen LogP contribution in [0.1, 0.15) is 119 Å². The van der Waals surface area contributed by atoms with Gasteiger partial charge in [0.05, 0.1) is 25.6 Å². The predicted molar refractivity (Wildman–Crippen MR) is 304 cm³/mol. The van der Waals surface area contributed by atoms with E-state index in [0.717, 1.165) is 0 Å². The van der Waals surface area contributed by atoms with E-state index < -0.39 is 151 Å². The average molecular weight is 1180 g/mol. The normalized spacial score (nSPS) is 15.3. The maximum absolute atomic E-state index is 14.1. The minimum atomic E-state index is -1.69. The molecular weight excluding hydrogens is 1080 g/mol. The van der Waals surface area contributed by atoms with Gasteiger partial charge >= 0.3 is 5.97 Å². The van der Waals surface area contributed by atoms with Crippen LogP contribution >= 0.6 is 24.4 Å². The molecule has 30 heteroatoms. The maximum atomic E-state index is 14.1. The number of thioether (sulfide) groups is 1. The Morgan fingerprint density at radius 2 is 0.938 bits per heavy atom. The van der Waals surface area contributed by atoms with Gasteiger partial charge in [-0.15, -0.1) is 0 Å². The fourth-order valence-corrected chi connectivity index (χ4v) is 8.30. The van der Waals surface area contributed by atoms with Crippen LogP contribution in [0.3, 0.4) is 0 Å². The van der Waals surface area contributed by atoms with Crippen molar-refractivity contribution in [2.75, 3.05) is 44.0 Å². The van der Waals surface area contributed by atoms with E-state index in [4.69, 9.17) is 22.9 Å². The van der Waals surface area contributed by atoms with Crippen LogP contribution in [0.15, 0.2) is 0 Å². The summed E-state index contributed by atoms with van der Waals surface area (Å²) in [6.45, 7) is 10.9. The van der Waals surface area contributed by atoms with Gasteiger partial charge in [0.1, 0.15) is 54.4 Å². The summed E-state index contributed by atoms with van der Waals surface area (Å²) in [4.78, 5) is 159. The molecule has 20 N–H and O–H groups in total. The number of thiol groups is 1. The topological polar surface area (TPSA) is 470 Å². The number of unbranched alkanes of at least 4 members (excludes halogenated alkanes) is 2. The van der Waals surface area contributed by atoms with Crippen molar-refractivity contribution in [3.8, 4) is 0 Å². The molecule has 0 rings (SSSR count). The average Bonchev–Trinajstić information content (AvgIpc) is 3.39. The summed E-state index contributed by atoms with van der Waals surface area (Å²) in [6.07, 6.45) is 3.19. The molecule has 0 heterocycles. The Hall–Kier alpha value is -5.82. The molecule has 0 aromatic heterocycles. The molecule has 0 radical (unpaired) electrons. The number of carbonyl (C=O) groups is 12. The van der Waals surface area contributed by atoms with E-state index in [1.807, 2.05) is 6.92 Å². The van der Waals surface area contributed by atoms with Gasteiger partial charge < -0.3 is 86.3 Å². The maximum Gasteiger partial charge on any atom is 0.327 e. The molecule has 80 heavy (non-hydrogen) atoms. The second-order valence-electron chi connectivity index (χ2n) is 20.4. The third-order valence-electron chi connectivity index (χ3n) is 12.5. The van der Waals surface area contributed by atoms with Gasteiger partial charge in [0, 0.05) is 5.75 Å². The zero-order valence-electron chi connectivity index (χ0n) is 47.5. The number of aliphatic carboxylic acids is 1. The van der Waals surface area contributed by atoms with E-state index >= 15 is 0 Å². The van der Waals surface area contributed by atoms with E-state index in [1.165, 1.54) is 18.7 Å². The summed E-state index contributed by atoms with van der Waals surface area (Å²) in [7, 11) is 0. The largest absolute Gasteiger partial charge is 0.480 e. The number of hydrogen-bond donors (Lipinski definition) is 17. The number of hydrogen-bond acceptors (Lipinski definition) is 18. The Bertz CT molecular complexity index is 2040. The molecule has 0 saturated heterocycles. The fraction of sp³-hybridized carbons (Fsp3) is 0.760. The molecule has 0 unspecified atom stereocenters. The lowest BCUT2D eigenvalue weighted by atomic mass is 9.99. The van der Waals surface area contributed by atoms with Crippen molar-refractivity contribution < 1.29 is 67.7 Å². The van der Waals surface area contributed by atoms with Gasteiger partial charge in [-0.05, 0) is 108 Å². The number of amides is 11. The van der Waals surface area contributed by atoms with E-state index in [-0.39, 0.29) is 75.1 Å². The summed E-state index contributed by atoms with van der Waals surface area (Å²) < 4.78 is 0. The van der Waals surface area contributed by atoms with Crippen molar-refractivity contribution in [2.24, 2.45) is 40.7 Å². The molecule has 0 aliphatic carbocycles. The summed E-state index contributed by atoms with van der Waals surface area (Å²) >= 11 is 5.27. The number of aliphatic hydroxyl groups excluding tert-OH is 1. The molecule has 0 bridgehead atoms. The molecular formula is C50H92N14O14S2. The van der Waals surface area contributed by atoms with Crippen molar-refractivity contribution in [3.05, 3.63) is 0 Å². The summed E-state index contributed by atoms with van der Waals surface area (Å²) in [5.41, 5.74) is 22.9. The Kier molecular flexibility index (Phi) is 37.4. The van der Waals surface area contributed by atoms with Crippen molar-refractivity contribution in [3.63, 3.8) is 0 Å². The minimum absolute atomic E-state index is 0.0244. The number of rotatable bonds is 42. The number of carboxylic acid groups (broad SMARTS) is 1. The quantitative estimate of drug-likeness (QED) is 0.0204. The van der Waals surface area contributed by atoms with Gasteiger partial charge in [0.15, 0.2) is 0 Å². The molecule has 0 spiro atoms. The minimum Gasteiger partial charge on any atom is -0.480 e. The van der Waals surface area contributed by atoms with Gasteiger partial charge in [0.25, 0.3) is 0 Å². The van der Waals surface area contributed by atoms with Crippen molar-refractivity contribution >= 4 is 95.3 Å².